The van der Waals surface area contributed by atoms with Crippen LogP contribution in [0.25, 0.3) is 0 Å². The fraction of sp³-hybridized carbons (Fsp3) is 0.650. The van der Waals surface area contributed by atoms with E-state index in [2.05, 4.69) is 11.9 Å². The Kier molecular flexibility index (Phi) is 4.97. The number of likely N-dealkylation sites (tertiary alicyclic amines) is 1. The number of nitrogens with zero attached hydrogens (tertiary/aromatic N) is 1. The van der Waals surface area contributed by atoms with Gasteiger partial charge in [-0.1, -0.05) is 43.2 Å². The Labute approximate surface area is 144 Å². The minimum atomic E-state index is -1.30. The van der Waals surface area contributed by atoms with Gasteiger partial charge < -0.3 is 19.9 Å². The van der Waals surface area contributed by atoms with Crippen molar-refractivity contribution in [1.82, 2.24) is 4.90 Å². The van der Waals surface area contributed by atoms with E-state index in [4.69, 9.17) is 0 Å². The van der Waals surface area contributed by atoms with Crippen molar-refractivity contribution in [3.05, 3.63) is 35.9 Å². The van der Waals surface area contributed by atoms with Gasteiger partial charge in [0.1, 0.15) is 0 Å². The fourth-order valence-corrected chi connectivity index (χ4v) is 4.78. The standard InChI is InChI=1S/C20H29NO3/c1-21-13-9-16(10-14-21)15-20(18(22)23,17-7-3-2-4-8-17)19(24)11-5-6-12-19/h2-4,7-8,16,24H,5-6,9-15H2,1H3,(H,22,23)/p-1. The van der Waals surface area contributed by atoms with Crippen molar-refractivity contribution in [2.45, 2.75) is 56.0 Å². The molecule has 1 atom stereocenters. The lowest BCUT2D eigenvalue weighted by atomic mass is 9.61. The minimum Gasteiger partial charge on any atom is -0.549 e. The molecule has 1 aromatic carbocycles. The van der Waals surface area contributed by atoms with Gasteiger partial charge >= 0.3 is 0 Å². The zero-order chi connectivity index (χ0) is 17.2. The number of rotatable bonds is 5. The molecule has 0 radical (unpaired) electrons. The van der Waals surface area contributed by atoms with Gasteiger partial charge in [-0.15, -0.1) is 0 Å². The highest BCUT2D eigenvalue weighted by molar-refractivity contribution is 5.81. The maximum atomic E-state index is 12.5. The molecule has 0 spiro atoms. The molecule has 0 aromatic heterocycles. The Hall–Kier alpha value is -1.39. The average molecular weight is 330 g/mol. The largest absolute Gasteiger partial charge is 0.549 e. The molecule has 1 unspecified atom stereocenters. The monoisotopic (exact) mass is 330 g/mol. The van der Waals surface area contributed by atoms with Crippen LogP contribution in [0.15, 0.2) is 30.3 Å². The summed E-state index contributed by atoms with van der Waals surface area (Å²) in [6.07, 6.45) is 5.29. The average Bonchev–Trinajstić information content (AvgIpc) is 3.03. The summed E-state index contributed by atoms with van der Waals surface area (Å²) < 4.78 is 0. The van der Waals surface area contributed by atoms with E-state index in [-0.39, 0.29) is 0 Å². The fourth-order valence-electron chi connectivity index (χ4n) is 4.78. The highest BCUT2D eigenvalue weighted by Gasteiger charge is 2.54. The molecule has 4 heteroatoms. The first kappa shape index (κ1) is 17.4. The van der Waals surface area contributed by atoms with E-state index >= 15 is 0 Å². The first-order chi connectivity index (χ1) is 11.5. The van der Waals surface area contributed by atoms with Crippen LogP contribution in [0.5, 0.6) is 0 Å². The van der Waals surface area contributed by atoms with Crippen LogP contribution in [0.4, 0.5) is 0 Å². The molecular formula is C20H28NO3-. The van der Waals surface area contributed by atoms with Gasteiger partial charge in [0.25, 0.3) is 0 Å². The predicted octanol–water partition coefficient (Wildman–Crippen LogP) is 1.71. The van der Waals surface area contributed by atoms with Gasteiger partial charge in [0, 0.05) is 0 Å². The molecule has 3 rings (SSSR count). The molecule has 1 N–H and O–H groups in total. The normalized spacial score (nSPS) is 24.6. The Morgan fingerprint density at radius 3 is 2.38 bits per heavy atom. The lowest BCUT2D eigenvalue weighted by Crippen LogP contribution is -2.61. The topological polar surface area (TPSA) is 63.6 Å². The molecule has 1 aromatic rings. The van der Waals surface area contributed by atoms with Crippen LogP contribution >= 0.6 is 0 Å². The van der Waals surface area contributed by atoms with Crippen molar-refractivity contribution >= 4 is 5.97 Å². The number of aliphatic hydroxyl groups is 1. The molecule has 1 saturated carbocycles. The third-order valence-corrected chi connectivity index (χ3v) is 6.27. The second-order valence-corrected chi connectivity index (χ2v) is 7.75. The Morgan fingerprint density at radius 2 is 1.83 bits per heavy atom. The van der Waals surface area contributed by atoms with E-state index in [1.807, 2.05) is 30.3 Å². The Bertz CT molecular complexity index is 560. The van der Waals surface area contributed by atoms with Crippen molar-refractivity contribution in [2.24, 2.45) is 5.92 Å². The van der Waals surface area contributed by atoms with Gasteiger partial charge in [-0.05, 0) is 63.7 Å². The summed E-state index contributed by atoms with van der Waals surface area (Å²) in [6.45, 7) is 1.97. The number of aliphatic carboxylic acids is 1. The number of carbonyl (C=O) groups is 1. The summed E-state index contributed by atoms with van der Waals surface area (Å²) in [4.78, 5) is 14.8. The summed E-state index contributed by atoms with van der Waals surface area (Å²) in [5, 5.41) is 23.8. The van der Waals surface area contributed by atoms with Crippen LogP contribution in [0, 0.1) is 5.92 Å². The zero-order valence-electron chi connectivity index (χ0n) is 14.5. The van der Waals surface area contributed by atoms with E-state index in [0.717, 1.165) is 38.8 Å². The number of carboxylic acids is 1. The number of hydrogen-bond donors (Lipinski definition) is 1. The van der Waals surface area contributed by atoms with Gasteiger partial charge in [-0.2, -0.15) is 0 Å². The number of carbonyl (C=O) groups excluding carboxylic acids is 1. The second-order valence-electron chi connectivity index (χ2n) is 7.75. The highest BCUT2D eigenvalue weighted by atomic mass is 16.4. The van der Waals surface area contributed by atoms with Gasteiger partial charge in [-0.25, -0.2) is 0 Å². The van der Waals surface area contributed by atoms with Gasteiger partial charge in [0.2, 0.25) is 0 Å². The van der Waals surface area contributed by atoms with Gasteiger partial charge in [-0.3, -0.25) is 0 Å². The van der Waals surface area contributed by atoms with Gasteiger partial charge in [0.05, 0.1) is 17.0 Å². The summed E-state index contributed by atoms with van der Waals surface area (Å²) in [6, 6.07) is 9.31. The minimum absolute atomic E-state index is 0.309. The highest BCUT2D eigenvalue weighted by Crippen LogP contribution is 2.50. The SMILES string of the molecule is CN1CCC(CC(C(=O)[O-])(c2ccccc2)C2(O)CCCC2)CC1. The molecule has 24 heavy (non-hydrogen) atoms. The molecule has 0 bridgehead atoms. The molecule has 0 amide bonds. The molecule has 2 aliphatic rings. The first-order valence-corrected chi connectivity index (χ1v) is 9.16. The van der Waals surface area contributed by atoms with Crippen LogP contribution < -0.4 is 5.11 Å². The van der Waals surface area contributed by atoms with E-state index in [9.17, 15) is 15.0 Å². The van der Waals surface area contributed by atoms with E-state index < -0.39 is 17.0 Å². The first-order valence-electron chi connectivity index (χ1n) is 9.16. The van der Waals surface area contributed by atoms with Gasteiger partial charge in [0.15, 0.2) is 0 Å². The van der Waals surface area contributed by atoms with Crippen LogP contribution in [0.2, 0.25) is 0 Å². The van der Waals surface area contributed by atoms with E-state index in [0.29, 0.717) is 30.7 Å². The van der Waals surface area contributed by atoms with Crippen molar-refractivity contribution in [3.8, 4) is 0 Å². The molecular weight excluding hydrogens is 302 g/mol. The van der Waals surface area contributed by atoms with Crippen LogP contribution in [-0.2, 0) is 10.2 Å². The van der Waals surface area contributed by atoms with E-state index in [1.165, 1.54) is 0 Å². The molecule has 2 fully saturated rings. The van der Waals surface area contributed by atoms with Crippen LogP contribution in [0.3, 0.4) is 0 Å². The maximum absolute atomic E-state index is 12.5. The van der Waals surface area contributed by atoms with Crippen molar-refractivity contribution < 1.29 is 15.0 Å². The molecule has 1 aliphatic heterocycles. The molecule has 132 valence electrons. The van der Waals surface area contributed by atoms with Crippen molar-refractivity contribution in [2.75, 3.05) is 20.1 Å². The summed E-state index contributed by atoms with van der Waals surface area (Å²) in [7, 11) is 2.10. The maximum Gasteiger partial charge on any atom is 0.0796 e. The quantitative estimate of drug-likeness (QED) is 0.893. The predicted molar refractivity (Wildman–Crippen MR) is 91.4 cm³/mol. The Morgan fingerprint density at radius 1 is 1.25 bits per heavy atom. The lowest BCUT2D eigenvalue weighted by molar-refractivity contribution is -0.322. The third kappa shape index (κ3) is 2.98. The lowest BCUT2D eigenvalue weighted by Gasteiger charge is -2.49. The summed E-state index contributed by atoms with van der Waals surface area (Å²) in [5.41, 5.74) is -1.80. The van der Waals surface area contributed by atoms with Crippen LogP contribution in [-0.4, -0.2) is 41.7 Å². The Balaban J connectivity index is 2.00. The smallest absolute Gasteiger partial charge is 0.0796 e. The molecule has 1 saturated heterocycles. The summed E-state index contributed by atoms with van der Waals surface area (Å²) >= 11 is 0. The number of carboxylic acid groups (broad SMARTS) is 1. The summed E-state index contributed by atoms with van der Waals surface area (Å²) in [5.74, 6) is -0.805. The number of piperidine rings is 1. The molecule has 1 aliphatic carbocycles. The molecule has 4 nitrogen and oxygen atoms in total. The number of hydrogen-bond acceptors (Lipinski definition) is 4. The molecule has 1 heterocycles. The van der Waals surface area contributed by atoms with Crippen molar-refractivity contribution in [3.63, 3.8) is 0 Å². The third-order valence-electron chi connectivity index (χ3n) is 6.27. The second kappa shape index (κ2) is 6.85. The van der Waals surface area contributed by atoms with Crippen LogP contribution in [0.1, 0.15) is 50.5 Å². The number of benzene rings is 1. The zero-order valence-corrected chi connectivity index (χ0v) is 14.5. The van der Waals surface area contributed by atoms with Crippen molar-refractivity contribution in [1.29, 1.82) is 0 Å². The van der Waals surface area contributed by atoms with E-state index in [1.54, 1.807) is 0 Å².